The molecule has 0 spiro atoms. The van der Waals surface area contributed by atoms with Gasteiger partial charge < -0.3 is 19.4 Å². The van der Waals surface area contributed by atoms with E-state index in [2.05, 4.69) is 5.32 Å². The second-order valence-electron chi connectivity index (χ2n) is 6.45. The van der Waals surface area contributed by atoms with Crippen LogP contribution in [0.25, 0.3) is 0 Å². The van der Waals surface area contributed by atoms with Crippen LogP contribution in [0.3, 0.4) is 0 Å². The smallest absolute Gasteiger partial charge is 0.494 e. The van der Waals surface area contributed by atoms with E-state index in [0.29, 0.717) is 17.9 Å². The van der Waals surface area contributed by atoms with Gasteiger partial charge in [-0.2, -0.15) is 0 Å². The average Bonchev–Trinajstić information content (AvgIpc) is 2.67. The van der Waals surface area contributed by atoms with Gasteiger partial charge in [0.1, 0.15) is 5.75 Å². The number of hydrogen-bond donors (Lipinski definition) is 1. The summed E-state index contributed by atoms with van der Waals surface area (Å²) in [4.78, 5) is 11.7. The second-order valence-corrected chi connectivity index (χ2v) is 6.45. The summed E-state index contributed by atoms with van der Waals surface area (Å²) in [5.74, 6) is 0.548. The van der Waals surface area contributed by atoms with Crippen LogP contribution in [-0.2, 0) is 14.1 Å². The van der Waals surface area contributed by atoms with E-state index in [4.69, 9.17) is 14.0 Å². The van der Waals surface area contributed by atoms with Crippen molar-refractivity contribution in [1.82, 2.24) is 0 Å². The van der Waals surface area contributed by atoms with E-state index in [1.54, 1.807) is 14.0 Å². The fraction of sp³-hybridized carbons (Fsp3) is 0.562. The molecule has 6 heteroatoms. The third kappa shape index (κ3) is 3.13. The van der Waals surface area contributed by atoms with Crippen molar-refractivity contribution in [2.75, 3.05) is 12.4 Å². The number of carbonyl (C=O) groups is 1. The minimum Gasteiger partial charge on any atom is -0.495 e. The van der Waals surface area contributed by atoms with Gasteiger partial charge in [-0.3, -0.25) is 4.79 Å². The Kier molecular flexibility index (Phi) is 4.54. The van der Waals surface area contributed by atoms with E-state index in [1.807, 2.05) is 45.9 Å². The van der Waals surface area contributed by atoms with E-state index in [1.165, 1.54) is 0 Å². The van der Waals surface area contributed by atoms with Crippen LogP contribution < -0.4 is 15.5 Å². The Labute approximate surface area is 132 Å². The van der Waals surface area contributed by atoms with Crippen molar-refractivity contribution in [2.24, 2.45) is 0 Å². The molecule has 1 aliphatic heterocycles. The number of benzene rings is 1. The molecule has 1 saturated heterocycles. The van der Waals surface area contributed by atoms with Gasteiger partial charge in [0.05, 0.1) is 24.0 Å². The molecule has 0 saturated carbocycles. The minimum atomic E-state index is -0.465. The van der Waals surface area contributed by atoms with Crippen molar-refractivity contribution >= 4 is 24.2 Å². The first kappa shape index (κ1) is 16.8. The first-order valence-electron chi connectivity index (χ1n) is 7.53. The lowest BCUT2D eigenvalue weighted by molar-refractivity contribution is -0.115. The highest BCUT2D eigenvalue weighted by Gasteiger charge is 2.51. The molecule has 0 unspecified atom stereocenters. The minimum absolute atomic E-state index is 0.0654. The molecule has 120 valence electrons. The maximum absolute atomic E-state index is 11.7. The lowest BCUT2D eigenvalue weighted by Crippen LogP contribution is -2.41. The van der Waals surface area contributed by atoms with Gasteiger partial charge in [0.2, 0.25) is 5.91 Å². The fourth-order valence-corrected chi connectivity index (χ4v) is 2.19. The predicted octanol–water partition coefficient (Wildman–Crippen LogP) is 2.34. The fourth-order valence-electron chi connectivity index (χ4n) is 2.19. The quantitative estimate of drug-likeness (QED) is 0.868. The van der Waals surface area contributed by atoms with Crippen LogP contribution in [0.1, 0.15) is 41.0 Å². The number of anilines is 1. The summed E-state index contributed by atoms with van der Waals surface area (Å²) in [7, 11) is 1.11. The SMILES string of the molecule is CCC(=O)Nc1cc(B2OC(C)(C)C(C)(C)O2)ccc1OC. The Balaban J connectivity index is 2.30. The molecule has 5 nitrogen and oxygen atoms in total. The van der Waals surface area contributed by atoms with E-state index in [-0.39, 0.29) is 5.91 Å². The number of rotatable bonds is 4. The Hall–Kier alpha value is -1.53. The highest BCUT2D eigenvalue weighted by molar-refractivity contribution is 6.62. The molecule has 1 aromatic rings. The molecule has 1 heterocycles. The van der Waals surface area contributed by atoms with Gasteiger partial charge in [-0.15, -0.1) is 0 Å². The number of carbonyl (C=O) groups excluding carboxylic acids is 1. The first-order chi connectivity index (χ1) is 10.2. The highest BCUT2D eigenvalue weighted by Crippen LogP contribution is 2.37. The predicted molar refractivity (Wildman–Crippen MR) is 87.6 cm³/mol. The molecule has 1 fully saturated rings. The van der Waals surface area contributed by atoms with Crippen LogP contribution >= 0.6 is 0 Å². The number of hydrogen-bond acceptors (Lipinski definition) is 4. The molecule has 0 radical (unpaired) electrons. The molecule has 22 heavy (non-hydrogen) atoms. The van der Waals surface area contributed by atoms with Gasteiger partial charge in [0.25, 0.3) is 0 Å². The monoisotopic (exact) mass is 305 g/mol. The summed E-state index contributed by atoms with van der Waals surface area (Å²) in [6, 6.07) is 5.54. The summed E-state index contributed by atoms with van der Waals surface area (Å²) in [6.45, 7) is 9.85. The van der Waals surface area contributed by atoms with Gasteiger partial charge in [0.15, 0.2) is 0 Å². The third-order valence-electron chi connectivity index (χ3n) is 4.34. The lowest BCUT2D eigenvalue weighted by Gasteiger charge is -2.32. The lowest BCUT2D eigenvalue weighted by atomic mass is 9.79. The van der Waals surface area contributed by atoms with E-state index in [0.717, 1.165) is 5.46 Å². The zero-order valence-electron chi connectivity index (χ0n) is 14.1. The average molecular weight is 305 g/mol. The van der Waals surface area contributed by atoms with Crippen molar-refractivity contribution in [3.05, 3.63) is 18.2 Å². The van der Waals surface area contributed by atoms with Crippen LogP contribution in [0, 0.1) is 0 Å². The summed E-state index contributed by atoms with van der Waals surface area (Å²) < 4.78 is 17.4. The molecule has 1 amide bonds. The zero-order chi connectivity index (χ0) is 16.5. The molecule has 1 aromatic carbocycles. The number of methoxy groups -OCH3 is 1. The van der Waals surface area contributed by atoms with Gasteiger partial charge in [-0.1, -0.05) is 13.0 Å². The van der Waals surface area contributed by atoms with Crippen molar-refractivity contribution in [3.63, 3.8) is 0 Å². The normalized spacial score (nSPS) is 19.1. The number of ether oxygens (including phenoxy) is 1. The van der Waals surface area contributed by atoms with Gasteiger partial charge >= 0.3 is 7.12 Å². The molecule has 1 N–H and O–H groups in total. The number of amides is 1. The molecule has 0 atom stereocenters. The standard InChI is InChI=1S/C16H24BNO4/c1-7-14(19)18-12-10-11(8-9-13(12)20-6)17-21-15(2,3)16(4,5)22-17/h8-10H,7H2,1-6H3,(H,18,19). The first-order valence-corrected chi connectivity index (χ1v) is 7.53. The molecular weight excluding hydrogens is 281 g/mol. The molecule has 0 aliphatic carbocycles. The van der Waals surface area contributed by atoms with Gasteiger partial charge in [0, 0.05) is 6.42 Å². The third-order valence-corrected chi connectivity index (χ3v) is 4.34. The van der Waals surface area contributed by atoms with Gasteiger partial charge in [-0.05, 0) is 45.3 Å². The molecular formula is C16H24BNO4. The van der Waals surface area contributed by atoms with Crippen LogP contribution in [0.15, 0.2) is 18.2 Å². The summed E-state index contributed by atoms with van der Waals surface area (Å²) >= 11 is 0. The van der Waals surface area contributed by atoms with Crippen molar-refractivity contribution < 1.29 is 18.8 Å². The Morgan fingerprint density at radius 1 is 1.23 bits per heavy atom. The maximum atomic E-state index is 11.7. The van der Waals surface area contributed by atoms with Gasteiger partial charge in [-0.25, -0.2) is 0 Å². The maximum Gasteiger partial charge on any atom is 0.494 e. The Morgan fingerprint density at radius 3 is 2.32 bits per heavy atom. The second kappa shape index (κ2) is 5.93. The van der Waals surface area contributed by atoms with Crippen LogP contribution in [0.5, 0.6) is 5.75 Å². The molecule has 1 aliphatic rings. The molecule has 2 rings (SSSR count). The largest absolute Gasteiger partial charge is 0.495 e. The number of nitrogens with one attached hydrogen (secondary N) is 1. The van der Waals surface area contributed by atoms with Crippen molar-refractivity contribution in [3.8, 4) is 5.75 Å². The summed E-state index contributed by atoms with van der Waals surface area (Å²) in [6.07, 6.45) is 0.407. The van der Waals surface area contributed by atoms with E-state index < -0.39 is 18.3 Å². The van der Waals surface area contributed by atoms with Crippen molar-refractivity contribution in [1.29, 1.82) is 0 Å². The Bertz CT molecular complexity index is 555. The van der Waals surface area contributed by atoms with Crippen molar-refractivity contribution in [2.45, 2.75) is 52.2 Å². The van der Waals surface area contributed by atoms with Crippen LogP contribution in [0.4, 0.5) is 5.69 Å². The topological polar surface area (TPSA) is 56.8 Å². The highest BCUT2D eigenvalue weighted by atomic mass is 16.7. The van der Waals surface area contributed by atoms with Crippen LogP contribution in [0.2, 0.25) is 0 Å². The molecule has 0 aromatic heterocycles. The Morgan fingerprint density at radius 2 is 1.82 bits per heavy atom. The zero-order valence-corrected chi connectivity index (χ0v) is 14.1. The molecule has 0 bridgehead atoms. The van der Waals surface area contributed by atoms with E-state index in [9.17, 15) is 4.79 Å². The van der Waals surface area contributed by atoms with Crippen LogP contribution in [-0.4, -0.2) is 31.3 Å². The van der Waals surface area contributed by atoms with E-state index >= 15 is 0 Å². The summed E-state index contributed by atoms with van der Waals surface area (Å²) in [5, 5.41) is 2.84. The summed E-state index contributed by atoms with van der Waals surface area (Å²) in [5.41, 5.74) is 0.682.